The number of carboxylic acid groups (broad SMARTS) is 1. The topological polar surface area (TPSA) is 113 Å². The number of anilines is 1. The molecule has 3 rings (SSSR count). The first-order valence-electron chi connectivity index (χ1n) is 12.8. The minimum Gasteiger partial charge on any atom is -0.480 e. The van der Waals surface area contributed by atoms with Crippen molar-refractivity contribution in [2.45, 2.75) is 56.0 Å². The average molecular weight is 659 g/mol. The van der Waals surface area contributed by atoms with Crippen molar-refractivity contribution in [3.63, 3.8) is 0 Å². The number of carbonyl (C=O) groups excluding carboxylic acids is 1. The number of rotatable bonds is 11. The normalized spacial score (nSPS) is 13.2. The molecule has 0 saturated heterocycles. The van der Waals surface area contributed by atoms with E-state index in [4.69, 9.17) is 16.3 Å². The number of aliphatic carboxylic acids is 1. The molecule has 0 unspecified atom stereocenters. The van der Waals surface area contributed by atoms with Gasteiger partial charge in [0, 0.05) is 22.6 Å². The molecular weight excluding hydrogens is 629 g/mol. The maximum absolute atomic E-state index is 15.1. The summed E-state index contributed by atoms with van der Waals surface area (Å²) in [5, 5.41) is 12.1. The number of hydrogen-bond donors (Lipinski definition) is 2. The van der Waals surface area contributed by atoms with Gasteiger partial charge in [-0.1, -0.05) is 17.7 Å². The molecule has 0 saturated carbocycles. The van der Waals surface area contributed by atoms with Crippen molar-refractivity contribution >= 4 is 51.1 Å². The molecule has 8 nitrogen and oxygen atoms in total. The smallest absolute Gasteiger partial charge is 0.408 e. The van der Waals surface area contributed by atoms with Crippen molar-refractivity contribution < 1.29 is 41.0 Å². The highest BCUT2D eigenvalue weighted by atomic mass is 35.5. The van der Waals surface area contributed by atoms with E-state index in [0.29, 0.717) is 4.31 Å². The number of nitrogens with one attached hydrogen (secondary N) is 1. The molecule has 0 radical (unpaired) electrons. The predicted octanol–water partition coefficient (Wildman–Crippen LogP) is 6.92. The van der Waals surface area contributed by atoms with E-state index in [0.717, 1.165) is 42.1 Å². The monoisotopic (exact) mass is 658 g/mol. The highest BCUT2D eigenvalue weighted by Gasteiger charge is 2.34. The Morgan fingerprint density at radius 1 is 1.02 bits per heavy atom. The zero-order chi connectivity index (χ0) is 32.1. The maximum Gasteiger partial charge on any atom is 0.408 e. The van der Waals surface area contributed by atoms with Crippen LogP contribution >= 0.6 is 23.4 Å². The standard InChI is InChI=1S/C29H30ClF3N2O6S2/c1-17(35(26-14-21(32)8-12-24(26)33)43(39,40)22-9-5-19(30)6-10-22)23-11-7-20(31)13-18(23)15-42-16-25(27(36)37)34-28(38)41-29(2,3)4/h5-14,17,25H,15-16H2,1-4H3,(H,34,38)(H,36,37)/t17-,25+/m1/s1. The van der Waals surface area contributed by atoms with Crippen LogP contribution in [0, 0.1) is 17.5 Å². The third-order valence-corrected chi connectivity index (χ3v) is 9.19. The van der Waals surface area contributed by atoms with Gasteiger partial charge in [-0.05, 0) is 87.4 Å². The Kier molecular flexibility index (Phi) is 11.0. The van der Waals surface area contributed by atoms with Gasteiger partial charge in [-0.25, -0.2) is 31.2 Å². The van der Waals surface area contributed by atoms with Gasteiger partial charge in [0.15, 0.2) is 0 Å². The van der Waals surface area contributed by atoms with Gasteiger partial charge in [-0.3, -0.25) is 4.31 Å². The van der Waals surface area contributed by atoms with Crippen LogP contribution < -0.4 is 9.62 Å². The van der Waals surface area contributed by atoms with E-state index in [1.54, 1.807) is 20.8 Å². The van der Waals surface area contributed by atoms with E-state index in [1.807, 2.05) is 0 Å². The summed E-state index contributed by atoms with van der Waals surface area (Å²) in [6, 6.07) is 8.53. The van der Waals surface area contributed by atoms with Gasteiger partial charge >= 0.3 is 12.1 Å². The third kappa shape index (κ3) is 9.04. The number of halogens is 4. The molecular formula is C29H30ClF3N2O6S2. The van der Waals surface area contributed by atoms with Crippen LogP contribution in [0.5, 0.6) is 0 Å². The molecule has 3 aromatic carbocycles. The zero-order valence-electron chi connectivity index (χ0n) is 23.6. The molecule has 2 N–H and O–H groups in total. The van der Waals surface area contributed by atoms with Gasteiger partial charge in [0.2, 0.25) is 0 Å². The van der Waals surface area contributed by atoms with Crippen LogP contribution in [0.1, 0.15) is 44.9 Å². The van der Waals surface area contributed by atoms with E-state index in [1.165, 1.54) is 37.3 Å². The summed E-state index contributed by atoms with van der Waals surface area (Å²) in [6.07, 6.45) is -0.930. The number of carboxylic acids is 1. The Bertz CT molecular complexity index is 1580. The van der Waals surface area contributed by atoms with Crippen molar-refractivity contribution in [1.82, 2.24) is 5.32 Å². The number of benzene rings is 3. The van der Waals surface area contributed by atoms with Crippen molar-refractivity contribution in [2.75, 3.05) is 10.1 Å². The summed E-state index contributed by atoms with van der Waals surface area (Å²) in [5.41, 5.74) is -0.904. The Morgan fingerprint density at radius 3 is 2.23 bits per heavy atom. The number of carbonyl (C=O) groups is 2. The highest BCUT2D eigenvalue weighted by Crippen LogP contribution is 2.37. The van der Waals surface area contributed by atoms with Crippen LogP contribution in [-0.4, -0.2) is 43.0 Å². The number of amides is 1. The minimum absolute atomic E-state index is 0.0162. The second-order valence-corrected chi connectivity index (χ2v) is 13.7. The second-order valence-electron chi connectivity index (χ2n) is 10.4. The number of ether oxygens (including phenoxy) is 1. The first-order chi connectivity index (χ1) is 20.0. The quantitative estimate of drug-likeness (QED) is 0.230. The fraction of sp³-hybridized carbons (Fsp3) is 0.310. The van der Waals surface area contributed by atoms with Gasteiger partial charge in [0.25, 0.3) is 10.0 Å². The van der Waals surface area contributed by atoms with Crippen LogP contribution in [0.25, 0.3) is 0 Å². The van der Waals surface area contributed by atoms with Crippen molar-refractivity contribution in [1.29, 1.82) is 0 Å². The van der Waals surface area contributed by atoms with Gasteiger partial charge in [-0.2, -0.15) is 11.8 Å². The molecule has 0 heterocycles. The van der Waals surface area contributed by atoms with E-state index in [-0.39, 0.29) is 32.6 Å². The Labute approximate surface area is 257 Å². The Balaban J connectivity index is 1.97. The molecule has 0 spiro atoms. The third-order valence-electron chi connectivity index (χ3n) is 5.95. The van der Waals surface area contributed by atoms with E-state index < -0.39 is 62.9 Å². The molecule has 43 heavy (non-hydrogen) atoms. The average Bonchev–Trinajstić information content (AvgIpc) is 2.89. The summed E-state index contributed by atoms with van der Waals surface area (Å²) < 4.78 is 77.4. The summed E-state index contributed by atoms with van der Waals surface area (Å²) >= 11 is 6.95. The van der Waals surface area contributed by atoms with Gasteiger partial charge in [0.05, 0.1) is 16.6 Å². The predicted molar refractivity (Wildman–Crippen MR) is 159 cm³/mol. The van der Waals surface area contributed by atoms with Crippen molar-refractivity contribution in [3.05, 3.63) is 94.3 Å². The first-order valence-corrected chi connectivity index (χ1v) is 15.8. The maximum atomic E-state index is 15.1. The van der Waals surface area contributed by atoms with Gasteiger partial charge < -0.3 is 15.2 Å². The molecule has 2 atom stereocenters. The molecule has 14 heteroatoms. The van der Waals surface area contributed by atoms with Crippen molar-refractivity contribution in [3.8, 4) is 0 Å². The molecule has 0 bridgehead atoms. The number of hydrogen-bond acceptors (Lipinski definition) is 6. The zero-order valence-corrected chi connectivity index (χ0v) is 26.0. The van der Waals surface area contributed by atoms with E-state index in [9.17, 15) is 31.9 Å². The fourth-order valence-electron chi connectivity index (χ4n) is 4.07. The minimum atomic E-state index is -4.53. The molecule has 232 valence electrons. The SMILES string of the molecule is C[C@H](c1ccc(F)cc1CSC[C@H](NC(=O)OC(C)(C)C)C(=O)O)N(c1cc(F)ccc1F)S(=O)(=O)c1ccc(Cl)cc1. The fourth-order valence-corrected chi connectivity index (χ4v) is 6.88. The largest absolute Gasteiger partial charge is 0.480 e. The molecule has 0 aliphatic carbocycles. The molecule has 0 aromatic heterocycles. The lowest BCUT2D eigenvalue weighted by atomic mass is 10.0. The lowest BCUT2D eigenvalue weighted by Crippen LogP contribution is -2.44. The summed E-state index contributed by atoms with van der Waals surface area (Å²) in [6.45, 7) is 6.30. The lowest BCUT2D eigenvalue weighted by Gasteiger charge is -2.32. The molecule has 0 aliphatic rings. The van der Waals surface area contributed by atoms with Crippen LogP contribution in [0.15, 0.2) is 65.6 Å². The van der Waals surface area contributed by atoms with Crippen molar-refractivity contribution in [2.24, 2.45) is 0 Å². The summed E-state index contributed by atoms with van der Waals surface area (Å²) in [7, 11) is -4.53. The lowest BCUT2D eigenvalue weighted by molar-refractivity contribution is -0.138. The van der Waals surface area contributed by atoms with E-state index >= 15 is 4.39 Å². The van der Waals surface area contributed by atoms with Crippen LogP contribution in [-0.2, 0) is 25.3 Å². The highest BCUT2D eigenvalue weighted by molar-refractivity contribution is 7.98. The number of sulfonamides is 1. The number of nitrogens with zero attached hydrogens (tertiary/aromatic N) is 1. The van der Waals surface area contributed by atoms with Gasteiger partial charge in [0.1, 0.15) is 29.1 Å². The first kappa shape index (κ1) is 34.1. The molecule has 0 aliphatic heterocycles. The number of thioether (sulfide) groups is 1. The Morgan fingerprint density at radius 2 is 1.63 bits per heavy atom. The molecule has 1 amide bonds. The summed E-state index contributed by atoms with van der Waals surface area (Å²) in [5.74, 6) is -4.04. The molecule has 0 fully saturated rings. The van der Waals surface area contributed by atoms with Crippen LogP contribution in [0.3, 0.4) is 0 Å². The van der Waals surface area contributed by atoms with Gasteiger partial charge in [-0.15, -0.1) is 0 Å². The van der Waals surface area contributed by atoms with Crippen LogP contribution in [0.2, 0.25) is 5.02 Å². The second kappa shape index (κ2) is 13.9. The molecule has 3 aromatic rings. The Hall–Kier alpha value is -3.42. The summed E-state index contributed by atoms with van der Waals surface area (Å²) in [4.78, 5) is 23.6. The van der Waals surface area contributed by atoms with E-state index in [2.05, 4.69) is 5.32 Å². The van der Waals surface area contributed by atoms with Crippen LogP contribution in [0.4, 0.5) is 23.7 Å². The number of alkyl carbamates (subject to hydrolysis) is 1.